The van der Waals surface area contributed by atoms with E-state index in [1.807, 2.05) is 11.0 Å². The van der Waals surface area contributed by atoms with E-state index in [1.165, 1.54) is 15.1 Å². The maximum absolute atomic E-state index is 12.4. The number of nitrogen functional groups attached to an aromatic ring is 1. The van der Waals surface area contributed by atoms with E-state index in [1.54, 1.807) is 18.3 Å². The normalized spacial score (nSPS) is 13.8. The van der Waals surface area contributed by atoms with E-state index in [-0.39, 0.29) is 18.3 Å². The summed E-state index contributed by atoms with van der Waals surface area (Å²) in [4.78, 5) is 15.6. The van der Waals surface area contributed by atoms with Crippen LogP contribution in [-0.2, 0) is 24.3 Å². The second-order valence-electron chi connectivity index (χ2n) is 5.05. The molecule has 0 aromatic carbocycles. The first-order valence-corrected chi connectivity index (χ1v) is 7.54. The fourth-order valence-corrected chi connectivity index (χ4v) is 3.44. The van der Waals surface area contributed by atoms with Gasteiger partial charge in [0, 0.05) is 18.0 Å². The van der Waals surface area contributed by atoms with Crippen LogP contribution < -0.4 is 5.73 Å². The quantitative estimate of drug-likeness (QED) is 0.905. The van der Waals surface area contributed by atoms with Crippen LogP contribution in [-0.4, -0.2) is 27.1 Å². The summed E-state index contributed by atoms with van der Waals surface area (Å²) in [7, 11) is 0. The minimum absolute atomic E-state index is 0.0226. The predicted octanol–water partition coefficient (Wildman–Crippen LogP) is 1.29. The van der Waals surface area contributed by atoms with Crippen LogP contribution >= 0.6 is 11.3 Å². The molecule has 6 nitrogen and oxygen atoms in total. The van der Waals surface area contributed by atoms with Gasteiger partial charge in [0.25, 0.3) is 0 Å². The number of amides is 1. The molecule has 2 aromatic rings. The summed E-state index contributed by atoms with van der Waals surface area (Å²) in [5.41, 5.74) is 7.99. The fraction of sp³-hybridized carbons (Fsp3) is 0.357. The van der Waals surface area contributed by atoms with Crippen molar-refractivity contribution in [1.82, 2.24) is 14.7 Å². The molecule has 1 aliphatic rings. The Morgan fingerprint density at radius 1 is 1.62 bits per heavy atom. The van der Waals surface area contributed by atoms with Gasteiger partial charge in [-0.2, -0.15) is 10.4 Å². The number of aromatic nitrogens is 2. The monoisotopic (exact) mass is 301 g/mol. The molecule has 3 heterocycles. The SMILES string of the molecule is Cc1nn(CC(=O)N2CCc3sccc3C2)c(N)c1C#N. The molecule has 0 radical (unpaired) electrons. The number of rotatable bonds is 2. The van der Waals surface area contributed by atoms with Crippen LogP contribution in [0.2, 0.25) is 0 Å². The standard InChI is InChI=1S/C14H15N5OS/c1-9-11(6-15)14(16)19(17-9)8-13(20)18-4-2-12-10(7-18)3-5-21-12/h3,5H,2,4,7-8,16H2,1H3. The summed E-state index contributed by atoms with van der Waals surface area (Å²) in [6.45, 7) is 3.16. The van der Waals surface area contributed by atoms with Gasteiger partial charge in [0.15, 0.2) is 0 Å². The minimum atomic E-state index is -0.0226. The fourth-order valence-electron chi connectivity index (χ4n) is 2.55. The molecule has 108 valence electrons. The van der Waals surface area contributed by atoms with Crippen molar-refractivity contribution in [2.75, 3.05) is 12.3 Å². The minimum Gasteiger partial charge on any atom is -0.383 e. The number of hydrogen-bond acceptors (Lipinski definition) is 5. The van der Waals surface area contributed by atoms with Gasteiger partial charge < -0.3 is 10.6 Å². The third-order valence-corrected chi connectivity index (χ3v) is 4.75. The van der Waals surface area contributed by atoms with E-state index in [0.717, 1.165) is 13.0 Å². The molecule has 0 saturated carbocycles. The van der Waals surface area contributed by atoms with Crippen LogP contribution in [0.3, 0.4) is 0 Å². The van der Waals surface area contributed by atoms with Crippen molar-refractivity contribution in [2.45, 2.75) is 26.4 Å². The number of fused-ring (bicyclic) bond motifs is 1. The Kier molecular flexibility index (Phi) is 3.39. The first-order valence-electron chi connectivity index (χ1n) is 6.66. The Morgan fingerprint density at radius 2 is 2.43 bits per heavy atom. The summed E-state index contributed by atoms with van der Waals surface area (Å²) >= 11 is 1.74. The Morgan fingerprint density at radius 3 is 3.14 bits per heavy atom. The van der Waals surface area contributed by atoms with E-state index < -0.39 is 0 Å². The third-order valence-electron chi connectivity index (χ3n) is 3.72. The number of nitrogens with two attached hydrogens (primary N) is 1. The molecule has 1 aliphatic heterocycles. The van der Waals surface area contributed by atoms with Gasteiger partial charge in [0.05, 0.1) is 5.69 Å². The van der Waals surface area contributed by atoms with Crippen LogP contribution in [0.5, 0.6) is 0 Å². The van der Waals surface area contributed by atoms with E-state index in [4.69, 9.17) is 11.0 Å². The molecule has 0 bridgehead atoms. The van der Waals surface area contributed by atoms with Crippen molar-refractivity contribution >= 4 is 23.1 Å². The van der Waals surface area contributed by atoms with Crippen molar-refractivity contribution in [3.8, 4) is 6.07 Å². The number of thiophene rings is 1. The number of nitriles is 1. The zero-order valence-corrected chi connectivity index (χ0v) is 12.5. The topological polar surface area (TPSA) is 87.9 Å². The highest BCUT2D eigenvalue weighted by Crippen LogP contribution is 2.24. The van der Waals surface area contributed by atoms with Crippen LogP contribution in [0.1, 0.15) is 21.7 Å². The Balaban J connectivity index is 1.75. The molecular formula is C14H15N5OS. The first kappa shape index (κ1) is 13.6. The summed E-state index contributed by atoms with van der Waals surface area (Å²) in [5.74, 6) is 0.238. The molecule has 2 N–H and O–H groups in total. The maximum atomic E-state index is 12.4. The molecule has 0 aliphatic carbocycles. The van der Waals surface area contributed by atoms with Gasteiger partial charge in [-0.1, -0.05) is 0 Å². The third kappa shape index (κ3) is 2.38. The van der Waals surface area contributed by atoms with Crippen molar-refractivity contribution in [2.24, 2.45) is 0 Å². The molecular weight excluding hydrogens is 286 g/mol. The molecule has 0 fully saturated rings. The van der Waals surface area contributed by atoms with Gasteiger partial charge in [0.2, 0.25) is 5.91 Å². The Labute approximate surface area is 126 Å². The van der Waals surface area contributed by atoms with Gasteiger partial charge in [0.1, 0.15) is 24.0 Å². The Hall–Kier alpha value is -2.33. The molecule has 7 heteroatoms. The predicted molar refractivity (Wildman–Crippen MR) is 79.5 cm³/mol. The summed E-state index contributed by atoms with van der Waals surface area (Å²) < 4.78 is 1.42. The average Bonchev–Trinajstić information content (AvgIpc) is 3.03. The molecule has 3 rings (SSSR count). The van der Waals surface area contributed by atoms with E-state index in [9.17, 15) is 4.79 Å². The number of carbonyl (C=O) groups excluding carboxylic acids is 1. The van der Waals surface area contributed by atoms with E-state index >= 15 is 0 Å². The van der Waals surface area contributed by atoms with Gasteiger partial charge in [-0.25, -0.2) is 4.68 Å². The van der Waals surface area contributed by atoms with E-state index in [2.05, 4.69) is 16.5 Å². The average molecular weight is 301 g/mol. The summed E-state index contributed by atoms with van der Waals surface area (Å²) in [5, 5.41) is 15.2. The van der Waals surface area contributed by atoms with E-state index in [0.29, 0.717) is 17.8 Å². The van der Waals surface area contributed by atoms with Crippen molar-refractivity contribution in [3.63, 3.8) is 0 Å². The lowest BCUT2D eigenvalue weighted by atomic mass is 10.1. The highest BCUT2D eigenvalue weighted by atomic mass is 32.1. The zero-order chi connectivity index (χ0) is 15.0. The lowest BCUT2D eigenvalue weighted by Crippen LogP contribution is -2.37. The number of nitrogens with zero attached hydrogens (tertiary/aromatic N) is 4. The van der Waals surface area contributed by atoms with Crippen LogP contribution in [0, 0.1) is 18.3 Å². The highest BCUT2D eigenvalue weighted by molar-refractivity contribution is 7.10. The second-order valence-corrected chi connectivity index (χ2v) is 6.05. The van der Waals surface area contributed by atoms with Crippen LogP contribution in [0.4, 0.5) is 5.82 Å². The lowest BCUT2D eigenvalue weighted by molar-refractivity contribution is -0.132. The zero-order valence-electron chi connectivity index (χ0n) is 11.7. The number of hydrogen-bond donors (Lipinski definition) is 1. The van der Waals surface area contributed by atoms with Gasteiger partial charge in [-0.05, 0) is 30.4 Å². The lowest BCUT2D eigenvalue weighted by Gasteiger charge is -2.27. The van der Waals surface area contributed by atoms with Crippen LogP contribution in [0.25, 0.3) is 0 Å². The maximum Gasteiger partial charge on any atom is 0.244 e. The molecule has 0 unspecified atom stereocenters. The largest absolute Gasteiger partial charge is 0.383 e. The smallest absolute Gasteiger partial charge is 0.244 e. The second kappa shape index (κ2) is 5.22. The number of aryl methyl sites for hydroxylation is 1. The first-order chi connectivity index (χ1) is 10.1. The van der Waals surface area contributed by atoms with Crippen molar-refractivity contribution in [1.29, 1.82) is 5.26 Å². The van der Waals surface area contributed by atoms with Crippen molar-refractivity contribution in [3.05, 3.63) is 33.1 Å². The molecule has 21 heavy (non-hydrogen) atoms. The molecule has 0 spiro atoms. The Bertz CT molecular complexity index is 739. The number of carbonyl (C=O) groups is 1. The molecule has 0 atom stereocenters. The van der Waals surface area contributed by atoms with Gasteiger partial charge in [-0.3, -0.25) is 4.79 Å². The van der Waals surface area contributed by atoms with Gasteiger partial charge >= 0.3 is 0 Å². The molecule has 0 saturated heterocycles. The van der Waals surface area contributed by atoms with Crippen LogP contribution in [0.15, 0.2) is 11.4 Å². The highest BCUT2D eigenvalue weighted by Gasteiger charge is 2.23. The summed E-state index contributed by atoms with van der Waals surface area (Å²) in [6, 6.07) is 4.08. The molecule has 1 amide bonds. The van der Waals surface area contributed by atoms with Gasteiger partial charge in [-0.15, -0.1) is 11.3 Å². The molecule has 2 aromatic heterocycles. The van der Waals surface area contributed by atoms with Crippen molar-refractivity contribution < 1.29 is 4.79 Å². The number of anilines is 1. The summed E-state index contributed by atoms with van der Waals surface area (Å²) in [6.07, 6.45) is 0.899.